The third-order valence-electron chi connectivity index (χ3n) is 9.14. The van der Waals surface area contributed by atoms with E-state index >= 15 is 0 Å². The highest BCUT2D eigenvalue weighted by molar-refractivity contribution is 5.99. The van der Waals surface area contributed by atoms with Gasteiger partial charge in [0.25, 0.3) is 11.5 Å². The topological polar surface area (TPSA) is 96.6 Å². The lowest BCUT2D eigenvalue weighted by molar-refractivity contribution is 0.0950. The number of piperazine rings is 1. The first-order valence-electron chi connectivity index (χ1n) is 15.7. The van der Waals surface area contributed by atoms with Crippen molar-refractivity contribution in [1.82, 2.24) is 25.5 Å². The van der Waals surface area contributed by atoms with Gasteiger partial charge in [-0.25, -0.2) is 4.98 Å². The minimum Gasteiger partial charge on any atom is -0.368 e. The Labute approximate surface area is 255 Å². The molecule has 0 saturated carbocycles. The van der Waals surface area contributed by atoms with Gasteiger partial charge in [-0.05, 0) is 108 Å². The smallest absolute Gasteiger partial charge is 0.253 e. The van der Waals surface area contributed by atoms with E-state index in [1.807, 2.05) is 39.1 Å². The molecular formula is C34H47N7O2. The van der Waals surface area contributed by atoms with E-state index in [2.05, 4.69) is 69.4 Å². The predicted molar refractivity (Wildman–Crippen MR) is 175 cm³/mol. The first kappa shape index (κ1) is 30.8. The lowest BCUT2D eigenvalue weighted by Crippen LogP contribution is -2.47. The molecule has 1 amide bonds. The number of aromatic nitrogens is 2. The van der Waals surface area contributed by atoms with Crippen LogP contribution < -0.4 is 26.0 Å². The Morgan fingerprint density at radius 1 is 1.09 bits per heavy atom. The van der Waals surface area contributed by atoms with E-state index in [1.165, 1.54) is 0 Å². The van der Waals surface area contributed by atoms with Gasteiger partial charge in [-0.1, -0.05) is 0 Å². The van der Waals surface area contributed by atoms with E-state index in [0.717, 1.165) is 91.6 Å². The van der Waals surface area contributed by atoms with Crippen LogP contribution in [0, 0.1) is 20.8 Å². The third kappa shape index (κ3) is 6.94. The summed E-state index contributed by atoms with van der Waals surface area (Å²) in [6, 6.07) is 11.2. The van der Waals surface area contributed by atoms with Crippen LogP contribution in [0.1, 0.15) is 59.4 Å². The molecule has 9 nitrogen and oxygen atoms in total. The van der Waals surface area contributed by atoms with Gasteiger partial charge < -0.3 is 30.3 Å². The molecule has 0 aliphatic carbocycles. The highest BCUT2D eigenvalue weighted by atomic mass is 16.1. The minimum absolute atomic E-state index is 0.160. The standard InChI is InChI=1S/C34H47N7O2/c1-7-41(28-10-11-35-23(3)17-28)31-19-27(26-8-9-32(36-20-26)40-14-12-39(6)13-15-40)18-29(25(31)5)33(42)37-21-30-22(2)16-24(4)38-34(30)43/h8-9,16,18-20,23,28,35H,7,10-15,17,21H2,1-6H3,(H,37,42)(H,38,43)/t23-,28?/m1/s1. The molecule has 3 aromatic rings. The number of anilines is 2. The lowest BCUT2D eigenvalue weighted by Gasteiger charge is -2.39. The first-order valence-corrected chi connectivity index (χ1v) is 15.7. The van der Waals surface area contributed by atoms with Crippen molar-refractivity contribution in [3.05, 3.63) is 74.8 Å². The second kappa shape index (κ2) is 13.3. The Bertz CT molecular complexity index is 1490. The molecule has 4 heterocycles. The third-order valence-corrected chi connectivity index (χ3v) is 9.14. The van der Waals surface area contributed by atoms with Crippen LogP contribution in [0.3, 0.4) is 0 Å². The molecule has 2 fully saturated rings. The van der Waals surface area contributed by atoms with E-state index in [4.69, 9.17) is 4.98 Å². The van der Waals surface area contributed by atoms with Gasteiger partial charge in [0.2, 0.25) is 0 Å². The number of nitrogens with one attached hydrogen (secondary N) is 3. The van der Waals surface area contributed by atoms with Crippen molar-refractivity contribution in [2.75, 3.05) is 56.1 Å². The highest BCUT2D eigenvalue weighted by Gasteiger charge is 2.27. The van der Waals surface area contributed by atoms with E-state index in [9.17, 15) is 9.59 Å². The zero-order chi connectivity index (χ0) is 30.7. The summed E-state index contributed by atoms with van der Waals surface area (Å²) >= 11 is 0. The summed E-state index contributed by atoms with van der Waals surface area (Å²) in [6.07, 6.45) is 4.04. The number of hydrogen-bond acceptors (Lipinski definition) is 7. The number of aryl methyl sites for hydroxylation is 2. The molecule has 3 N–H and O–H groups in total. The molecular weight excluding hydrogens is 538 g/mol. The second-order valence-corrected chi connectivity index (χ2v) is 12.3. The fraction of sp³-hybridized carbons (Fsp3) is 0.500. The van der Waals surface area contributed by atoms with Crippen molar-refractivity contribution in [3.8, 4) is 11.1 Å². The largest absolute Gasteiger partial charge is 0.368 e. The Balaban J connectivity index is 1.49. The zero-order valence-corrected chi connectivity index (χ0v) is 26.6. The van der Waals surface area contributed by atoms with Crippen LogP contribution in [-0.2, 0) is 6.54 Å². The number of aromatic amines is 1. The normalized spacial score (nSPS) is 19.3. The number of carbonyl (C=O) groups is 1. The number of amides is 1. The summed E-state index contributed by atoms with van der Waals surface area (Å²) in [5, 5.41) is 6.62. The maximum atomic E-state index is 13.8. The van der Waals surface area contributed by atoms with Crippen LogP contribution in [0.15, 0.2) is 41.3 Å². The Morgan fingerprint density at radius 3 is 2.51 bits per heavy atom. The summed E-state index contributed by atoms with van der Waals surface area (Å²) < 4.78 is 0. The molecule has 2 aliphatic heterocycles. The summed E-state index contributed by atoms with van der Waals surface area (Å²) in [7, 11) is 2.15. The molecule has 2 saturated heterocycles. The van der Waals surface area contributed by atoms with Crippen LogP contribution in [0.25, 0.3) is 11.1 Å². The average Bonchev–Trinajstić information content (AvgIpc) is 2.98. The molecule has 2 aliphatic rings. The highest BCUT2D eigenvalue weighted by Crippen LogP contribution is 2.34. The van der Waals surface area contributed by atoms with Crippen LogP contribution >= 0.6 is 0 Å². The van der Waals surface area contributed by atoms with Crippen LogP contribution in [0.4, 0.5) is 11.5 Å². The second-order valence-electron chi connectivity index (χ2n) is 12.3. The van der Waals surface area contributed by atoms with Crippen molar-refractivity contribution in [1.29, 1.82) is 0 Å². The number of benzene rings is 1. The van der Waals surface area contributed by atoms with E-state index in [-0.39, 0.29) is 18.0 Å². The van der Waals surface area contributed by atoms with Gasteiger partial charge in [0, 0.05) is 85.6 Å². The monoisotopic (exact) mass is 585 g/mol. The molecule has 0 radical (unpaired) electrons. The van der Waals surface area contributed by atoms with Gasteiger partial charge in [-0.2, -0.15) is 0 Å². The number of carbonyl (C=O) groups excluding carboxylic acids is 1. The van der Waals surface area contributed by atoms with Gasteiger partial charge >= 0.3 is 0 Å². The molecule has 2 atom stereocenters. The molecule has 1 aromatic carbocycles. The number of rotatable bonds is 8. The van der Waals surface area contributed by atoms with Gasteiger partial charge in [-0.15, -0.1) is 0 Å². The number of piperidine rings is 1. The quantitative estimate of drug-likeness (QED) is 0.368. The number of hydrogen-bond donors (Lipinski definition) is 3. The zero-order valence-electron chi connectivity index (χ0n) is 26.6. The van der Waals surface area contributed by atoms with Crippen molar-refractivity contribution in [3.63, 3.8) is 0 Å². The molecule has 9 heteroatoms. The Kier molecular flexibility index (Phi) is 9.52. The Morgan fingerprint density at radius 2 is 1.86 bits per heavy atom. The fourth-order valence-electron chi connectivity index (χ4n) is 6.56. The van der Waals surface area contributed by atoms with Gasteiger partial charge in [0.15, 0.2) is 0 Å². The van der Waals surface area contributed by atoms with Gasteiger partial charge in [0.1, 0.15) is 5.82 Å². The molecule has 0 spiro atoms. The summed E-state index contributed by atoms with van der Waals surface area (Å²) in [5.41, 5.74) is 6.70. The number of H-pyrrole nitrogens is 1. The SMILES string of the molecule is CCN(c1cc(-c2ccc(N3CCN(C)CC3)nc2)cc(C(=O)NCc2c(C)cc(C)[nH]c2=O)c1C)C1CCN[C@H](C)C1. The predicted octanol–water partition coefficient (Wildman–Crippen LogP) is 4.01. The summed E-state index contributed by atoms with van der Waals surface area (Å²) in [6.45, 7) is 16.2. The minimum atomic E-state index is -0.184. The fourth-order valence-corrected chi connectivity index (χ4v) is 6.56. The van der Waals surface area contributed by atoms with Crippen molar-refractivity contribution >= 4 is 17.4 Å². The summed E-state index contributed by atoms with van der Waals surface area (Å²) in [4.78, 5) is 41.3. The first-order chi connectivity index (χ1) is 20.6. The van der Waals surface area contributed by atoms with Crippen LogP contribution in [0.5, 0.6) is 0 Å². The van der Waals surface area contributed by atoms with Crippen molar-refractivity contribution in [2.24, 2.45) is 0 Å². The summed E-state index contributed by atoms with van der Waals surface area (Å²) in [5.74, 6) is 0.802. The Hall–Kier alpha value is -3.69. The molecule has 5 rings (SSSR count). The lowest BCUT2D eigenvalue weighted by atomic mass is 9.94. The number of likely N-dealkylation sites (N-methyl/N-ethyl adjacent to an activating group) is 1. The number of nitrogens with zero attached hydrogens (tertiary/aromatic N) is 4. The number of pyridine rings is 2. The molecule has 1 unspecified atom stereocenters. The van der Waals surface area contributed by atoms with Crippen LogP contribution in [0.2, 0.25) is 0 Å². The van der Waals surface area contributed by atoms with E-state index in [0.29, 0.717) is 23.2 Å². The average molecular weight is 586 g/mol. The molecule has 0 bridgehead atoms. The molecule has 230 valence electrons. The van der Waals surface area contributed by atoms with Gasteiger partial charge in [0.05, 0.1) is 0 Å². The molecule has 2 aromatic heterocycles. The maximum absolute atomic E-state index is 13.8. The van der Waals surface area contributed by atoms with Gasteiger partial charge in [-0.3, -0.25) is 9.59 Å². The van der Waals surface area contributed by atoms with E-state index < -0.39 is 0 Å². The molecule has 43 heavy (non-hydrogen) atoms. The van der Waals surface area contributed by atoms with E-state index in [1.54, 1.807) is 0 Å². The van der Waals surface area contributed by atoms with Crippen molar-refractivity contribution < 1.29 is 4.79 Å². The van der Waals surface area contributed by atoms with Crippen molar-refractivity contribution in [2.45, 2.75) is 66.1 Å². The van der Waals surface area contributed by atoms with Crippen LogP contribution in [-0.4, -0.2) is 79.2 Å². The maximum Gasteiger partial charge on any atom is 0.253 e.